The van der Waals surface area contributed by atoms with Crippen LogP contribution in [0.5, 0.6) is 5.75 Å². The SMILES string of the molecule is CCOc1ccccc1-n1ncc(CC#N)c1C. The molecule has 18 heavy (non-hydrogen) atoms. The van der Waals surface area contributed by atoms with Crippen LogP contribution in [-0.4, -0.2) is 16.4 Å². The van der Waals surface area contributed by atoms with Gasteiger partial charge >= 0.3 is 0 Å². The number of hydrogen-bond acceptors (Lipinski definition) is 3. The van der Waals surface area contributed by atoms with Crippen LogP contribution in [-0.2, 0) is 6.42 Å². The lowest BCUT2D eigenvalue weighted by Crippen LogP contribution is -2.03. The minimum Gasteiger partial charge on any atom is -0.492 e. The lowest BCUT2D eigenvalue weighted by molar-refractivity contribution is 0.338. The molecule has 0 radical (unpaired) electrons. The molecule has 0 atom stereocenters. The number of ether oxygens (including phenoxy) is 1. The molecule has 1 aromatic carbocycles. The van der Waals surface area contributed by atoms with Crippen molar-refractivity contribution in [2.45, 2.75) is 20.3 Å². The first-order valence-corrected chi connectivity index (χ1v) is 5.90. The van der Waals surface area contributed by atoms with Crippen LogP contribution in [0.2, 0.25) is 0 Å². The van der Waals surface area contributed by atoms with Gasteiger partial charge in [-0.05, 0) is 26.0 Å². The number of nitrogens with zero attached hydrogens (tertiary/aromatic N) is 3. The molecule has 92 valence electrons. The lowest BCUT2D eigenvalue weighted by atomic mass is 10.2. The fourth-order valence-corrected chi connectivity index (χ4v) is 1.85. The average molecular weight is 241 g/mol. The Hall–Kier alpha value is -2.28. The van der Waals surface area contributed by atoms with E-state index in [9.17, 15) is 0 Å². The molecule has 0 spiro atoms. The molecule has 0 bridgehead atoms. The Kier molecular flexibility index (Phi) is 3.63. The van der Waals surface area contributed by atoms with Crippen molar-refractivity contribution in [3.63, 3.8) is 0 Å². The third-order valence-corrected chi connectivity index (χ3v) is 2.77. The molecule has 1 aromatic heterocycles. The van der Waals surface area contributed by atoms with Crippen LogP contribution in [0.25, 0.3) is 5.69 Å². The molecule has 4 heteroatoms. The molecule has 2 rings (SSSR count). The second-order valence-electron chi connectivity index (χ2n) is 3.90. The Morgan fingerprint density at radius 3 is 2.89 bits per heavy atom. The summed E-state index contributed by atoms with van der Waals surface area (Å²) in [5, 5.41) is 13.1. The monoisotopic (exact) mass is 241 g/mol. The van der Waals surface area contributed by atoms with Crippen LogP contribution in [0, 0.1) is 18.3 Å². The number of nitriles is 1. The van der Waals surface area contributed by atoms with E-state index >= 15 is 0 Å². The summed E-state index contributed by atoms with van der Waals surface area (Å²) in [6, 6.07) is 9.91. The summed E-state index contributed by atoms with van der Waals surface area (Å²) in [7, 11) is 0. The van der Waals surface area contributed by atoms with Gasteiger partial charge in [0, 0.05) is 11.3 Å². The van der Waals surface area contributed by atoms with E-state index in [0.29, 0.717) is 13.0 Å². The Morgan fingerprint density at radius 1 is 1.39 bits per heavy atom. The van der Waals surface area contributed by atoms with E-state index in [1.165, 1.54) is 0 Å². The minimum atomic E-state index is 0.378. The highest BCUT2D eigenvalue weighted by Crippen LogP contribution is 2.24. The van der Waals surface area contributed by atoms with E-state index in [4.69, 9.17) is 10.00 Å². The first-order chi connectivity index (χ1) is 8.77. The van der Waals surface area contributed by atoms with Gasteiger partial charge in [-0.3, -0.25) is 0 Å². The number of hydrogen-bond donors (Lipinski definition) is 0. The summed E-state index contributed by atoms with van der Waals surface area (Å²) < 4.78 is 7.41. The van der Waals surface area contributed by atoms with Gasteiger partial charge in [0.15, 0.2) is 0 Å². The highest BCUT2D eigenvalue weighted by Gasteiger charge is 2.11. The van der Waals surface area contributed by atoms with E-state index < -0.39 is 0 Å². The van der Waals surface area contributed by atoms with Crippen LogP contribution in [0.4, 0.5) is 0 Å². The number of para-hydroxylation sites is 2. The van der Waals surface area contributed by atoms with Crippen LogP contribution in [0.1, 0.15) is 18.2 Å². The minimum absolute atomic E-state index is 0.378. The van der Waals surface area contributed by atoms with Crippen molar-refractivity contribution in [1.82, 2.24) is 9.78 Å². The number of benzene rings is 1. The topological polar surface area (TPSA) is 50.8 Å². The van der Waals surface area contributed by atoms with Crippen molar-refractivity contribution in [3.05, 3.63) is 41.7 Å². The Bertz CT molecular complexity index is 581. The molecule has 4 nitrogen and oxygen atoms in total. The zero-order valence-corrected chi connectivity index (χ0v) is 10.6. The van der Waals surface area contributed by atoms with E-state index in [-0.39, 0.29) is 0 Å². The molecule has 0 aliphatic rings. The summed E-state index contributed by atoms with van der Waals surface area (Å²) in [4.78, 5) is 0. The van der Waals surface area contributed by atoms with Gasteiger partial charge in [0.25, 0.3) is 0 Å². The third-order valence-electron chi connectivity index (χ3n) is 2.77. The third kappa shape index (κ3) is 2.21. The van der Waals surface area contributed by atoms with Crippen molar-refractivity contribution in [2.75, 3.05) is 6.61 Å². The molecule has 1 heterocycles. The van der Waals surface area contributed by atoms with E-state index in [2.05, 4.69) is 11.2 Å². The molecule has 0 unspecified atom stereocenters. The van der Waals surface area contributed by atoms with Crippen molar-refractivity contribution < 1.29 is 4.74 Å². The predicted molar refractivity (Wildman–Crippen MR) is 68.8 cm³/mol. The molecule has 0 aliphatic heterocycles. The van der Waals surface area contributed by atoms with E-state index in [1.807, 2.05) is 42.8 Å². The smallest absolute Gasteiger partial charge is 0.144 e. The summed E-state index contributed by atoms with van der Waals surface area (Å²) in [5.41, 5.74) is 2.83. The number of rotatable bonds is 4. The highest BCUT2D eigenvalue weighted by molar-refractivity contribution is 5.47. The quantitative estimate of drug-likeness (QED) is 0.826. The molecule has 0 fully saturated rings. The maximum absolute atomic E-state index is 8.75. The van der Waals surface area contributed by atoms with Crippen molar-refractivity contribution in [1.29, 1.82) is 5.26 Å². The van der Waals surface area contributed by atoms with Gasteiger partial charge < -0.3 is 4.74 Å². The van der Waals surface area contributed by atoms with Gasteiger partial charge in [-0.1, -0.05) is 12.1 Å². The Morgan fingerprint density at radius 2 is 2.17 bits per heavy atom. The van der Waals surface area contributed by atoms with E-state index in [1.54, 1.807) is 6.20 Å². The fraction of sp³-hybridized carbons (Fsp3) is 0.286. The van der Waals surface area contributed by atoms with Crippen LogP contribution < -0.4 is 4.74 Å². The molecular formula is C14H15N3O. The Labute approximate surface area is 106 Å². The first kappa shape index (κ1) is 12.2. The molecule has 0 amide bonds. The summed E-state index contributed by atoms with van der Waals surface area (Å²) in [5.74, 6) is 0.801. The second kappa shape index (κ2) is 5.37. The standard InChI is InChI=1S/C14H15N3O/c1-3-18-14-7-5-4-6-13(14)17-11(2)12(8-9-15)10-16-17/h4-7,10H,3,8H2,1-2H3. The van der Waals surface area contributed by atoms with Crippen molar-refractivity contribution >= 4 is 0 Å². The summed E-state index contributed by atoms with van der Waals surface area (Å²) >= 11 is 0. The van der Waals surface area contributed by atoms with E-state index in [0.717, 1.165) is 22.7 Å². The normalized spacial score (nSPS) is 10.1. The molecule has 0 N–H and O–H groups in total. The first-order valence-electron chi connectivity index (χ1n) is 5.90. The molecule has 0 saturated heterocycles. The molecular weight excluding hydrogens is 226 g/mol. The zero-order valence-electron chi connectivity index (χ0n) is 10.6. The lowest BCUT2D eigenvalue weighted by Gasteiger charge is -2.11. The van der Waals surface area contributed by atoms with Crippen molar-refractivity contribution in [3.8, 4) is 17.5 Å². The van der Waals surface area contributed by atoms with Gasteiger partial charge in [-0.15, -0.1) is 0 Å². The average Bonchev–Trinajstić information content (AvgIpc) is 2.73. The summed E-state index contributed by atoms with van der Waals surface area (Å²) in [6.07, 6.45) is 2.11. The molecule has 2 aromatic rings. The van der Waals surface area contributed by atoms with Crippen LogP contribution in [0.3, 0.4) is 0 Å². The fourth-order valence-electron chi connectivity index (χ4n) is 1.85. The zero-order chi connectivity index (χ0) is 13.0. The van der Waals surface area contributed by atoms with Gasteiger partial charge in [-0.25, -0.2) is 4.68 Å². The number of aromatic nitrogens is 2. The highest BCUT2D eigenvalue weighted by atomic mass is 16.5. The summed E-state index contributed by atoms with van der Waals surface area (Å²) in [6.45, 7) is 4.53. The maximum atomic E-state index is 8.75. The molecule has 0 saturated carbocycles. The predicted octanol–water partition coefficient (Wildman–Crippen LogP) is 2.65. The maximum Gasteiger partial charge on any atom is 0.144 e. The van der Waals surface area contributed by atoms with Crippen LogP contribution >= 0.6 is 0 Å². The second-order valence-corrected chi connectivity index (χ2v) is 3.90. The largest absolute Gasteiger partial charge is 0.492 e. The van der Waals surface area contributed by atoms with Gasteiger partial charge in [-0.2, -0.15) is 10.4 Å². The Balaban J connectivity index is 2.46. The van der Waals surface area contributed by atoms with Crippen LogP contribution in [0.15, 0.2) is 30.5 Å². The van der Waals surface area contributed by atoms with Gasteiger partial charge in [0.1, 0.15) is 11.4 Å². The molecule has 0 aliphatic carbocycles. The van der Waals surface area contributed by atoms with Gasteiger partial charge in [0.2, 0.25) is 0 Å². The van der Waals surface area contributed by atoms with Gasteiger partial charge in [0.05, 0.1) is 25.3 Å². The van der Waals surface area contributed by atoms with Crippen molar-refractivity contribution in [2.24, 2.45) is 0 Å².